The highest BCUT2D eigenvalue weighted by molar-refractivity contribution is 7.15. The Morgan fingerprint density at radius 1 is 1.53 bits per heavy atom. The molecule has 1 aromatic heterocycles. The van der Waals surface area contributed by atoms with Crippen LogP contribution in [0.1, 0.15) is 17.0 Å². The van der Waals surface area contributed by atoms with Crippen molar-refractivity contribution in [2.24, 2.45) is 0 Å². The van der Waals surface area contributed by atoms with Crippen molar-refractivity contribution in [3.63, 3.8) is 0 Å². The zero-order valence-corrected chi connectivity index (χ0v) is 10.9. The van der Waals surface area contributed by atoms with Gasteiger partial charge in [0.25, 0.3) is 0 Å². The van der Waals surface area contributed by atoms with Gasteiger partial charge in [0.2, 0.25) is 0 Å². The summed E-state index contributed by atoms with van der Waals surface area (Å²) in [5, 5.41) is 4.30. The van der Waals surface area contributed by atoms with E-state index in [1.54, 1.807) is 18.4 Å². The van der Waals surface area contributed by atoms with Crippen molar-refractivity contribution >= 4 is 28.1 Å². The predicted molar refractivity (Wildman–Crippen MR) is 66.2 cm³/mol. The molecular weight excluding hydrogens is 232 g/mol. The molecule has 0 spiro atoms. The molecule has 0 saturated carbocycles. The molecule has 0 aromatic carbocycles. The number of aryl methyl sites for hydroxylation is 2. The summed E-state index contributed by atoms with van der Waals surface area (Å²) in [5.41, 5.74) is 1.09. The number of halogens is 1. The molecule has 0 aliphatic rings. The fourth-order valence-electron chi connectivity index (χ4n) is 1.24. The number of nitrogens with one attached hydrogen (secondary N) is 1. The zero-order valence-electron chi connectivity index (χ0n) is 9.34. The van der Waals surface area contributed by atoms with Gasteiger partial charge in [-0.05, 0) is 20.3 Å². The average molecular weight is 249 g/mol. The van der Waals surface area contributed by atoms with E-state index in [9.17, 15) is 0 Å². The molecule has 1 heterocycles. The van der Waals surface area contributed by atoms with Crippen LogP contribution >= 0.6 is 22.9 Å². The Bertz CT molecular complexity index is 278. The Labute approximate surface area is 99.8 Å². The Kier molecular flexibility index (Phi) is 5.36. The van der Waals surface area contributed by atoms with E-state index in [1.165, 1.54) is 4.88 Å². The van der Waals surface area contributed by atoms with E-state index in [-0.39, 0.29) is 6.04 Å². The smallest absolute Gasteiger partial charge is 0.183 e. The standard InChI is InChI=1S/C10H17ClN2OS/c1-7-8(2)15-10(12-7)13-9(4-5-11)6-14-3/h9H,4-6H2,1-3H3,(H,12,13). The van der Waals surface area contributed by atoms with Crippen LogP contribution in [0.4, 0.5) is 5.13 Å². The van der Waals surface area contributed by atoms with Gasteiger partial charge in [-0.1, -0.05) is 0 Å². The van der Waals surface area contributed by atoms with Crippen LogP contribution in [0.3, 0.4) is 0 Å². The van der Waals surface area contributed by atoms with E-state index >= 15 is 0 Å². The molecule has 15 heavy (non-hydrogen) atoms. The summed E-state index contributed by atoms with van der Waals surface area (Å²) in [6.07, 6.45) is 0.882. The third-order valence-corrected chi connectivity index (χ3v) is 3.40. The van der Waals surface area contributed by atoms with Crippen molar-refractivity contribution in [3.8, 4) is 0 Å². The number of aromatic nitrogens is 1. The molecule has 0 aliphatic heterocycles. The summed E-state index contributed by atoms with van der Waals surface area (Å²) in [7, 11) is 1.70. The van der Waals surface area contributed by atoms with Crippen LogP contribution in [-0.2, 0) is 4.74 Å². The number of methoxy groups -OCH3 is 1. The first-order valence-corrected chi connectivity index (χ1v) is 6.28. The summed E-state index contributed by atoms with van der Waals surface area (Å²) >= 11 is 7.40. The largest absolute Gasteiger partial charge is 0.383 e. The van der Waals surface area contributed by atoms with E-state index < -0.39 is 0 Å². The van der Waals surface area contributed by atoms with Crippen LogP contribution in [0.2, 0.25) is 0 Å². The van der Waals surface area contributed by atoms with Crippen LogP contribution in [-0.4, -0.2) is 30.6 Å². The lowest BCUT2D eigenvalue weighted by molar-refractivity contribution is 0.184. The zero-order chi connectivity index (χ0) is 11.3. The van der Waals surface area contributed by atoms with Gasteiger partial charge < -0.3 is 10.1 Å². The highest BCUT2D eigenvalue weighted by Crippen LogP contribution is 2.22. The number of rotatable bonds is 6. The molecule has 0 radical (unpaired) electrons. The fourth-order valence-corrected chi connectivity index (χ4v) is 2.39. The van der Waals surface area contributed by atoms with Crippen molar-refractivity contribution < 1.29 is 4.74 Å². The highest BCUT2D eigenvalue weighted by atomic mass is 35.5. The Morgan fingerprint density at radius 3 is 2.73 bits per heavy atom. The third-order valence-electron chi connectivity index (χ3n) is 2.18. The maximum absolute atomic E-state index is 5.72. The number of ether oxygens (including phenoxy) is 1. The molecule has 1 N–H and O–H groups in total. The monoisotopic (exact) mass is 248 g/mol. The lowest BCUT2D eigenvalue weighted by Crippen LogP contribution is -2.25. The lowest BCUT2D eigenvalue weighted by Gasteiger charge is -2.15. The van der Waals surface area contributed by atoms with Crippen molar-refractivity contribution in [1.29, 1.82) is 0 Å². The summed E-state index contributed by atoms with van der Waals surface area (Å²) in [4.78, 5) is 5.67. The summed E-state index contributed by atoms with van der Waals surface area (Å²) in [6.45, 7) is 4.75. The molecule has 0 amide bonds. The third kappa shape index (κ3) is 3.97. The normalized spacial score (nSPS) is 12.8. The van der Waals surface area contributed by atoms with Gasteiger partial charge >= 0.3 is 0 Å². The lowest BCUT2D eigenvalue weighted by atomic mass is 10.2. The molecule has 0 saturated heterocycles. The van der Waals surface area contributed by atoms with E-state index in [4.69, 9.17) is 16.3 Å². The molecule has 3 nitrogen and oxygen atoms in total. The highest BCUT2D eigenvalue weighted by Gasteiger charge is 2.10. The quantitative estimate of drug-likeness (QED) is 0.787. The molecular formula is C10H17ClN2OS. The molecule has 0 fully saturated rings. The van der Waals surface area contributed by atoms with Gasteiger partial charge in [-0.25, -0.2) is 4.98 Å². The minimum Gasteiger partial charge on any atom is -0.383 e. The number of hydrogen-bond acceptors (Lipinski definition) is 4. The molecule has 5 heteroatoms. The SMILES string of the molecule is COCC(CCCl)Nc1nc(C)c(C)s1. The summed E-state index contributed by atoms with van der Waals surface area (Å²) < 4.78 is 5.12. The van der Waals surface area contributed by atoms with Crippen molar-refractivity contribution in [3.05, 3.63) is 10.6 Å². The number of anilines is 1. The second-order valence-electron chi connectivity index (χ2n) is 3.43. The number of thiazole rings is 1. The Morgan fingerprint density at radius 2 is 2.27 bits per heavy atom. The minimum atomic E-state index is 0.248. The van der Waals surface area contributed by atoms with E-state index in [2.05, 4.69) is 17.2 Å². The van der Waals surface area contributed by atoms with Crippen molar-refractivity contribution in [1.82, 2.24) is 4.98 Å². The molecule has 1 rings (SSSR count). The number of hydrogen-bond donors (Lipinski definition) is 1. The molecule has 1 aromatic rings. The van der Waals surface area contributed by atoms with E-state index in [0.29, 0.717) is 12.5 Å². The average Bonchev–Trinajstić information content (AvgIpc) is 2.47. The summed E-state index contributed by atoms with van der Waals surface area (Å²) in [6, 6.07) is 0.248. The van der Waals surface area contributed by atoms with Crippen molar-refractivity contribution in [2.75, 3.05) is 24.9 Å². The molecule has 1 unspecified atom stereocenters. The van der Waals surface area contributed by atoms with Gasteiger partial charge in [-0.3, -0.25) is 0 Å². The van der Waals surface area contributed by atoms with Gasteiger partial charge in [0.1, 0.15) is 0 Å². The predicted octanol–water partition coefficient (Wildman–Crippen LogP) is 2.82. The van der Waals surface area contributed by atoms with Crippen LogP contribution in [0.25, 0.3) is 0 Å². The van der Waals surface area contributed by atoms with E-state index in [1.807, 2.05) is 6.92 Å². The number of alkyl halides is 1. The van der Waals surface area contributed by atoms with Crippen LogP contribution in [0, 0.1) is 13.8 Å². The van der Waals surface area contributed by atoms with E-state index in [0.717, 1.165) is 17.2 Å². The molecule has 0 aliphatic carbocycles. The van der Waals surface area contributed by atoms with Gasteiger partial charge in [0, 0.05) is 17.9 Å². The topological polar surface area (TPSA) is 34.1 Å². The first-order valence-electron chi connectivity index (χ1n) is 4.92. The fraction of sp³-hybridized carbons (Fsp3) is 0.700. The Balaban J connectivity index is 2.56. The summed E-state index contributed by atoms with van der Waals surface area (Å²) in [5.74, 6) is 0.629. The maximum atomic E-state index is 5.72. The van der Waals surface area contributed by atoms with Gasteiger partial charge in [-0.2, -0.15) is 0 Å². The van der Waals surface area contributed by atoms with Gasteiger partial charge in [0.05, 0.1) is 18.3 Å². The Hall–Kier alpha value is -0.320. The van der Waals surface area contributed by atoms with Gasteiger partial charge in [0.15, 0.2) is 5.13 Å². The van der Waals surface area contributed by atoms with Gasteiger partial charge in [-0.15, -0.1) is 22.9 Å². The second-order valence-corrected chi connectivity index (χ2v) is 5.02. The molecule has 86 valence electrons. The molecule has 0 bridgehead atoms. The minimum absolute atomic E-state index is 0.248. The van der Waals surface area contributed by atoms with Crippen molar-refractivity contribution in [2.45, 2.75) is 26.3 Å². The number of nitrogens with zero attached hydrogens (tertiary/aromatic N) is 1. The second kappa shape index (κ2) is 6.30. The van der Waals surface area contributed by atoms with Crippen LogP contribution in [0.5, 0.6) is 0 Å². The van der Waals surface area contributed by atoms with Crippen LogP contribution < -0.4 is 5.32 Å². The maximum Gasteiger partial charge on any atom is 0.183 e. The van der Waals surface area contributed by atoms with Crippen LogP contribution in [0.15, 0.2) is 0 Å². The molecule has 1 atom stereocenters. The first kappa shape index (κ1) is 12.7. The first-order chi connectivity index (χ1) is 7.17.